The minimum absolute atomic E-state index is 0. The molecule has 1 aromatic heterocycles. The summed E-state index contributed by atoms with van der Waals surface area (Å²) < 4.78 is 0. The van der Waals surface area contributed by atoms with Crippen LogP contribution in [0.1, 0.15) is 16.7 Å². The zero-order valence-corrected chi connectivity index (χ0v) is 14.1. The molecule has 0 spiro atoms. The van der Waals surface area contributed by atoms with Gasteiger partial charge >= 0.3 is 0 Å². The van der Waals surface area contributed by atoms with Gasteiger partial charge in [0, 0.05) is 35.9 Å². The minimum atomic E-state index is 0. The predicted octanol–water partition coefficient (Wildman–Crippen LogP) is 1.68. The molecule has 1 aromatic rings. The number of nitrogens with one attached hydrogen (secondary N) is 2. The smallest absolute Gasteiger partial charge is 0.234 e. The molecule has 0 atom stereocenters. The van der Waals surface area contributed by atoms with Gasteiger partial charge < -0.3 is 10.6 Å². The maximum Gasteiger partial charge on any atom is 0.234 e. The van der Waals surface area contributed by atoms with E-state index in [1.165, 1.54) is 9.75 Å². The highest BCUT2D eigenvalue weighted by molar-refractivity contribution is 7.11. The Balaban J connectivity index is 0.00000180. The molecule has 0 aliphatic carbocycles. The van der Waals surface area contributed by atoms with Crippen LogP contribution in [-0.4, -0.2) is 43.5 Å². The molecule has 0 saturated carbocycles. The summed E-state index contributed by atoms with van der Waals surface area (Å²) in [6, 6.07) is 4.25. The first-order valence-corrected chi connectivity index (χ1v) is 7.37. The molecule has 0 bridgehead atoms. The van der Waals surface area contributed by atoms with Crippen molar-refractivity contribution >= 4 is 42.1 Å². The van der Waals surface area contributed by atoms with Gasteiger partial charge in [-0.3, -0.25) is 9.69 Å². The highest BCUT2D eigenvalue weighted by atomic mass is 35.5. The molecule has 4 nitrogen and oxygen atoms in total. The van der Waals surface area contributed by atoms with Crippen molar-refractivity contribution in [1.29, 1.82) is 0 Å². The molecule has 20 heavy (non-hydrogen) atoms. The first-order chi connectivity index (χ1) is 8.78. The Hall–Kier alpha value is -0.330. The van der Waals surface area contributed by atoms with Crippen LogP contribution in [0, 0.1) is 0 Å². The third-order valence-electron chi connectivity index (χ3n) is 3.10. The molecule has 2 N–H and O–H groups in total. The van der Waals surface area contributed by atoms with E-state index in [4.69, 9.17) is 0 Å². The molecule has 1 amide bonds. The van der Waals surface area contributed by atoms with E-state index in [0.29, 0.717) is 13.1 Å². The summed E-state index contributed by atoms with van der Waals surface area (Å²) in [5, 5.41) is 6.28. The van der Waals surface area contributed by atoms with Gasteiger partial charge in [-0.2, -0.15) is 0 Å². The fraction of sp³-hybridized carbons (Fsp3) is 0.615. The van der Waals surface area contributed by atoms with E-state index >= 15 is 0 Å². The van der Waals surface area contributed by atoms with Crippen molar-refractivity contribution < 1.29 is 4.79 Å². The summed E-state index contributed by atoms with van der Waals surface area (Å²) in [7, 11) is 0. The number of hydrogen-bond acceptors (Lipinski definition) is 4. The Morgan fingerprint density at radius 3 is 2.55 bits per heavy atom. The van der Waals surface area contributed by atoms with Gasteiger partial charge in [0.2, 0.25) is 5.91 Å². The van der Waals surface area contributed by atoms with E-state index < -0.39 is 0 Å². The maximum atomic E-state index is 11.8. The summed E-state index contributed by atoms with van der Waals surface area (Å²) in [5.41, 5.74) is 0. The Morgan fingerprint density at radius 2 is 1.95 bits per heavy atom. The third kappa shape index (κ3) is 6.41. The number of thiophene rings is 1. The van der Waals surface area contributed by atoms with Crippen molar-refractivity contribution in [3.05, 3.63) is 21.9 Å². The van der Waals surface area contributed by atoms with E-state index in [2.05, 4.69) is 34.6 Å². The van der Waals surface area contributed by atoms with Crippen LogP contribution in [0.4, 0.5) is 0 Å². The zero-order valence-electron chi connectivity index (χ0n) is 11.7. The Bertz CT molecular complexity index is 395. The van der Waals surface area contributed by atoms with Crippen molar-refractivity contribution in [2.45, 2.75) is 19.9 Å². The van der Waals surface area contributed by atoms with Crippen molar-refractivity contribution in [1.82, 2.24) is 15.5 Å². The van der Waals surface area contributed by atoms with Crippen LogP contribution in [0.25, 0.3) is 0 Å². The molecule has 0 aromatic carbocycles. The lowest BCUT2D eigenvalue weighted by Gasteiger charge is -2.26. The van der Waals surface area contributed by atoms with Crippen molar-refractivity contribution in [2.75, 3.05) is 32.7 Å². The SMILES string of the molecule is CCc1ccc(CNC(=O)CN2CCNCC2)s1.Cl.Cl. The van der Waals surface area contributed by atoms with Gasteiger partial charge in [0.25, 0.3) is 0 Å². The summed E-state index contributed by atoms with van der Waals surface area (Å²) in [6.45, 7) is 7.23. The Kier molecular flexibility index (Phi) is 10.2. The number of carbonyl (C=O) groups excluding carboxylic acids is 1. The number of carbonyl (C=O) groups is 1. The van der Waals surface area contributed by atoms with Crippen LogP contribution >= 0.6 is 36.2 Å². The second kappa shape index (κ2) is 10.4. The van der Waals surface area contributed by atoms with Crippen LogP contribution in [0.2, 0.25) is 0 Å². The highest BCUT2D eigenvalue weighted by Gasteiger charge is 2.13. The van der Waals surface area contributed by atoms with Crippen LogP contribution < -0.4 is 10.6 Å². The fourth-order valence-electron chi connectivity index (χ4n) is 2.02. The first kappa shape index (κ1) is 19.7. The number of aryl methyl sites for hydroxylation is 1. The van der Waals surface area contributed by atoms with Gasteiger partial charge in [-0.25, -0.2) is 0 Å². The number of nitrogens with zero attached hydrogens (tertiary/aromatic N) is 1. The van der Waals surface area contributed by atoms with Gasteiger partial charge in [-0.15, -0.1) is 36.2 Å². The van der Waals surface area contributed by atoms with E-state index in [-0.39, 0.29) is 30.7 Å². The first-order valence-electron chi connectivity index (χ1n) is 6.55. The normalized spacial score (nSPS) is 15.1. The summed E-state index contributed by atoms with van der Waals surface area (Å²) >= 11 is 1.78. The topological polar surface area (TPSA) is 44.4 Å². The molecule has 1 aliphatic heterocycles. The van der Waals surface area contributed by atoms with Crippen LogP contribution in [0.15, 0.2) is 12.1 Å². The third-order valence-corrected chi connectivity index (χ3v) is 4.33. The van der Waals surface area contributed by atoms with Crippen molar-refractivity contribution in [3.8, 4) is 0 Å². The number of halogens is 2. The zero-order chi connectivity index (χ0) is 12.8. The molecule has 1 saturated heterocycles. The fourth-order valence-corrected chi connectivity index (χ4v) is 2.92. The van der Waals surface area contributed by atoms with E-state index in [1.54, 1.807) is 11.3 Å². The van der Waals surface area contributed by atoms with Crippen LogP contribution in [-0.2, 0) is 17.8 Å². The molecule has 2 rings (SSSR count). The summed E-state index contributed by atoms with van der Waals surface area (Å²) in [4.78, 5) is 16.6. The van der Waals surface area contributed by atoms with Gasteiger partial charge in [0.1, 0.15) is 0 Å². The summed E-state index contributed by atoms with van der Waals surface area (Å²) in [5.74, 6) is 0.128. The van der Waals surface area contributed by atoms with E-state index in [9.17, 15) is 4.79 Å². The molecule has 1 aliphatic rings. The average molecular weight is 340 g/mol. The average Bonchev–Trinajstić information content (AvgIpc) is 2.85. The monoisotopic (exact) mass is 339 g/mol. The Labute approximate surface area is 137 Å². The molecular weight excluding hydrogens is 317 g/mol. The second-order valence-corrected chi connectivity index (χ2v) is 5.78. The lowest BCUT2D eigenvalue weighted by molar-refractivity contribution is -0.122. The van der Waals surface area contributed by atoms with Crippen LogP contribution in [0.5, 0.6) is 0 Å². The van der Waals surface area contributed by atoms with Gasteiger partial charge in [-0.05, 0) is 18.6 Å². The van der Waals surface area contributed by atoms with Crippen molar-refractivity contribution in [3.63, 3.8) is 0 Å². The summed E-state index contributed by atoms with van der Waals surface area (Å²) in [6.07, 6.45) is 1.07. The molecule has 7 heteroatoms. The van der Waals surface area contributed by atoms with Crippen LogP contribution in [0.3, 0.4) is 0 Å². The number of hydrogen-bond donors (Lipinski definition) is 2. The molecule has 116 valence electrons. The maximum absolute atomic E-state index is 11.8. The molecule has 2 heterocycles. The second-order valence-electron chi connectivity index (χ2n) is 4.52. The number of rotatable bonds is 5. The quantitative estimate of drug-likeness (QED) is 0.857. The predicted molar refractivity (Wildman–Crippen MR) is 89.3 cm³/mol. The van der Waals surface area contributed by atoms with Crippen molar-refractivity contribution in [2.24, 2.45) is 0 Å². The lowest BCUT2D eigenvalue weighted by Crippen LogP contribution is -2.47. The largest absolute Gasteiger partial charge is 0.350 e. The Morgan fingerprint density at radius 1 is 1.30 bits per heavy atom. The van der Waals surface area contributed by atoms with Gasteiger partial charge in [0.05, 0.1) is 13.1 Å². The molecule has 1 fully saturated rings. The highest BCUT2D eigenvalue weighted by Crippen LogP contribution is 2.16. The number of amides is 1. The standard InChI is InChI=1S/C13H21N3OS.2ClH/c1-2-11-3-4-12(18-11)9-15-13(17)10-16-7-5-14-6-8-16;;/h3-4,14H,2,5-10H2,1H3,(H,15,17);2*1H. The minimum Gasteiger partial charge on any atom is -0.350 e. The van der Waals surface area contributed by atoms with E-state index in [1.807, 2.05) is 0 Å². The molecule has 0 unspecified atom stereocenters. The van der Waals surface area contributed by atoms with Gasteiger partial charge in [-0.1, -0.05) is 6.92 Å². The van der Waals surface area contributed by atoms with Gasteiger partial charge in [0.15, 0.2) is 0 Å². The lowest BCUT2D eigenvalue weighted by atomic mass is 10.3. The van der Waals surface area contributed by atoms with E-state index in [0.717, 1.165) is 32.6 Å². The molecular formula is C13H23Cl2N3OS. The number of piperazine rings is 1. The molecule has 0 radical (unpaired) electrons.